The third-order valence-electron chi connectivity index (χ3n) is 2.70. The molecule has 0 spiro atoms. The molecule has 0 aliphatic heterocycles. The standard InChI is InChI=1S/C16H12Cl2N2O2/c17-12-7-8-13(14(18)10-12)16(22)20-19-15(21)9-6-11-4-2-1-3-5-11/h1-10H,(H,19,21)(H,20,22)/b9-6+. The molecule has 0 saturated carbocycles. The largest absolute Gasteiger partial charge is 0.271 e. The van der Waals surface area contributed by atoms with Crippen molar-refractivity contribution in [2.75, 3.05) is 0 Å². The molecule has 0 aliphatic rings. The van der Waals surface area contributed by atoms with Crippen LogP contribution in [-0.2, 0) is 4.79 Å². The number of rotatable bonds is 3. The molecule has 112 valence electrons. The van der Waals surface area contributed by atoms with Crippen molar-refractivity contribution in [3.05, 3.63) is 75.8 Å². The van der Waals surface area contributed by atoms with Crippen molar-refractivity contribution in [3.63, 3.8) is 0 Å². The fraction of sp³-hybridized carbons (Fsp3) is 0. The van der Waals surface area contributed by atoms with E-state index in [4.69, 9.17) is 23.2 Å². The van der Waals surface area contributed by atoms with E-state index in [1.165, 1.54) is 18.2 Å². The topological polar surface area (TPSA) is 58.2 Å². The molecule has 4 nitrogen and oxygen atoms in total. The summed E-state index contributed by atoms with van der Waals surface area (Å²) in [4.78, 5) is 23.5. The van der Waals surface area contributed by atoms with E-state index in [2.05, 4.69) is 10.9 Å². The average molecular weight is 335 g/mol. The Kier molecular flexibility index (Phi) is 5.58. The molecule has 0 unspecified atom stereocenters. The molecule has 2 N–H and O–H groups in total. The number of amides is 2. The van der Waals surface area contributed by atoms with Crippen molar-refractivity contribution >= 4 is 41.1 Å². The van der Waals surface area contributed by atoms with Crippen LogP contribution >= 0.6 is 23.2 Å². The zero-order valence-corrected chi connectivity index (χ0v) is 12.9. The maximum atomic E-state index is 11.9. The summed E-state index contributed by atoms with van der Waals surface area (Å²) in [5.41, 5.74) is 5.65. The summed E-state index contributed by atoms with van der Waals surface area (Å²) < 4.78 is 0. The van der Waals surface area contributed by atoms with Gasteiger partial charge in [-0.3, -0.25) is 20.4 Å². The minimum absolute atomic E-state index is 0.207. The van der Waals surface area contributed by atoms with Gasteiger partial charge in [-0.05, 0) is 29.8 Å². The van der Waals surface area contributed by atoms with Gasteiger partial charge in [0.25, 0.3) is 11.8 Å². The number of hydrogen-bond donors (Lipinski definition) is 2. The summed E-state index contributed by atoms with van der Waals surface area (Å²) in [6, 6.07) is 13.8. The summed E-state index contributed by atoms with van der Waals surface area (Å²) in [5.74, 6) is -0.981. The van der Waals surface area contributed by atoms with Crippen molar-refractivity contribution in [3.8, 4) is 0 Å². The molecule has 6 heteroatoms. The van der Waals surface area contributed by atoms with Crippen LogP contribution in [0.4, 0.5) is 0 Å². The van der Waals surface area contributed by atoms with Crippen molar-refractivity contribution < 1.29 is 9.59 Å². The van der Waals surface area contributed by atoms with E-state index in [9.17, 15) is 9.59 Å². The van der Waals surface area contributed by atoms with Gasteiger partial charge in [-0.15, -0.1) is 0 Å². The minimum atomic E-state index is -0.525. The monoisotopic (exact) mass is 334 g/mol. The lowest BCUT2D eigenvalue weighted by Gasteiger charge is -2.07. The van der Waals surface area contributed by atoms with Crippen LogP contribution in [0.25, 0.3) is 6.08 Å². The fourth-order valence-electron chi connectivity index (χ4n) is 1.64. The Bertz CT molecular complexity index is 715. The maximum Gasteiger partial charge on any atom is 0.271 e. The summed E-state index contributed by atoms with van der Waals surface area (Å²) in [6.45, 7) is 0. The van der Waals surface area contributed by atoms with Crippen molar-refractivity contribution in [1.29, 1.82) is 0 Å². The molecule has 2 amide bonds. The number of nitrogens with one attached hydrogen (secondary N) is 2. The Morgan fingerprint density at radius 3 is 2.36 bits per heavy atom. The van der Waals surface area contributed by atoms with Gasteiger partial charge in [-0.1, -0.05) is 53.5 Å². The molecule has 0 heterocycles. The fourth-order valence-corrected chi connectivity index (χ4v) is 2.13. The molecule has 2 aromatic rings. The highest BCUT2D eigenvalue weighted by Gasteiger charge is 2.10. The highest BCUT2D eigenvalue weighted by molar-refractivity contribution is 6.36. The third kappa shape index (κ3) is 4.62. The van der Waals surface area contributed by atoms with Crippen LogP contribution in [0.15, 0.2) is 54.6 Å². The predicted molar refractivity (Wildman–Crippen MR) is 87.5 cm³/mol. The zero-order chi connectivity index (χ0) is 15.9. The summed E-state index contributed by atoms with van der Waals surface area (Å²) >= 11 is 11.7. The van der Waals surface area contributed by atoms with Gasteiger partial charge in [-0.25, -0.2) is 0 Å². The Morgan fingerprint density at radius 1 is 0.955 bits per heavy atom. The first-order valence-corrected chi connectivity index (χ1v) is 7.10. The molecular weight excluding hydrogens is 323 g/mol. The van der Waals surface area contributed by atoms with Gasteiger partial charge in [0.05, 0.1) is 10.6 Å². The molecule has 22 heavy (non-hydrogen) atoms. The van der Waals surface area contributed by atoms with E-state index in [0.29, 0.717) is 5.02 Å². The number of halogens is 2. The molecular formula is C16H12Cl2N2O2. The normalized spacial score (nSPS) is 10.5. The minimum Gasteiger partial charge on any atom is -0.268 e. The Balaban J connectivity index is 1.91. The summed E-state index contributed by atoms with van der Waals surface area (Å²) in [7, 11) is 0. The Labute approximate surface area is 137 Å². The van der Waals surface area contributed by atoms with Gasteiger partial charge >= 0.3 is 0 Å². The molecule has 0 bridgehead atoms. The van der Waals surface area contributed by atoms with Gasteiger partial charge in [-0.2, -0.15) is 0 Å². The molecule has 0 saturated heterocycles. The van der Waals surface area contributed by atoms with E-state index < -0.39 is 11.8 Å². The van der Waals surface area contributed by atoms with Crippen LogP contribution in [0.1, 0.15) is 15.9 Å². The van der Waals surface area contributed by atoms with Gasteiger partial charge in [0.15, 0.2) is 0 Å². The van der Waals surface area contributed by atoms with Crippen LogP contribution < -0.4 is 10.9 Å². The number of hydrogen-bond acceptors (Lipinski definition) is 2. The van der Waals surface area contributed by atoms with Gasteiger partial charge in [0, 0.05) is 11.1 Å². The predicted octanol–water partition coefficient (Wildman–Crippen LogP) is 3.47. The first-order chi connectivity index (χ1) is 10.6. The number of carbonyl (C=O) groups is 2. The van der Waals surface area contributed by atoms with Crippen molar-refractivity contribution in [1.82, 2.24) is 10.9 Å². The molecule has 0 aliphatic carbocycles. The third-order valence-corrected chi connectivity index (χ3v) is 3.25. The van der Waals surface area contributed by atoms with Crippen LogP contribution in [0, 0.1) is 0 Å². The van der Waals surface area contributed by atoms with E-state index in [0.717, 1.165) is 5.56 Å². The average Bonchev–Trinajstić information content (AvgIpc) is 2.51. The number of hydrazine groups is 1. The van der Waals surface area contributed by atoms with Crippen LogP contribution in [-0.4, -0.2) is 11.8 Å². The molecule has 0 atom stereocenters. The Hall–Kier alpha value is -2.30. The van der Waals surface area contributed by atoms with E-state index in [1.54, 1.807) is 12.1 Å². The molecule has 2 rings (SSSR count). The van der Waals surface area contributed by atoms with E-state index >= 15 is 0 Å². The Morgan fingerprint density at radius 2 is 1.68 bits per heavy atom. The first-order valence-electron chi connectivity index (χ1n) is 6.35. The van der Waals surface area contributed by atoms with Gasteiger partial charge in [0.2, 0.25) is 0 Å². The zero-order valence-electron chi connectivity index (χ0n) is 11.3. The lowest BCUT2D eigenvalue weighted by atomic mass is 10.2. The van der Waals surface area contributed by atoms with Crippen molar-refractivity contribution in [2.45, 2.75) is 0 Å². The molecule has 0 fully saturated rings. The second-order valence-electron chi connectivity index (χ2n) is 4.31. The molecule has 0 radical (unpaired) electrons. The lowest BCUT2D eigenvalue weighted by molar-refractivity contribution is -0.117. The van der Waals surface area contributed by atoms with E-state index in [1.807, 2.05) is 30.3 Å². The van der Waals surface area contributed by atoms with Crippen LogP contribution in [0.5, 0.6) is 0 Å². The summed E-state index contributed by atoms with van der Waals surface area (Å²) in [5, 5.41) is 0.635. The first kappa shape index (κ1) is 16.1. The SMILES string of the molecule is O=C(/C=C/c1ccccc1)NNC(=O)c1ccc(Cl)cc1Cl. The quantitative estimate of drug-likeness (QED) is 0.667. The van der Waals surface area contributed by atoms with Crippen LogP contribution in [0.2, 0.25) is 10.0 Å². The second kappa shape index (κ2) is 7.64. The number of carbonyl (C=O) groups excluding carboxylic acids is 2. The maximum absolute atomic E-state index is 11.9. The van der Waals surface area contributed by atoms with Crippen molar-refractivity contribution in [2.24, 2.45) is 0 Å². The van der Waals surface area contributed by atoms with Gasteiger partial charge in [0.1, 0.15) is 0 Å². The number of benzene rings is 2. The smallest absolute Gasteiger partial charge is 0.268 e. The molecule has 2 aromatic carbocycles. The van der Waals surface area contributed by atoms with Crippen LogP contribution in [0.3, 0.4) is 0 Å². The summed E-state index contributed by atoms with van der Waals surface area (Å²) in [6.07, 6.45) is 2.95. The second-order valence-corrected chi connectivity index (χ2v) is 5.16. The molecule has 0 aromatic heterocycles. The van der Waals surface area contributed by atoms with Gasteiger partial charge < -0.3 is 0 Å². The highest BCUT2D eigenvalue weighted by atomic mass is 35.5. The lowest BCUT2D eigenvalue weighted by Crippen LogP contribution is -2.40. The highest BCUT2D eigenvalue weighted by Crippen LogP contribution is 2.20. The van der Waals surface area contributed by atoms with E-state index in [-0.39, 0.29) is 10.6 Å².